The van der Waals surface area contributed by atoms with Crippen LogP contribution >= 0.6 is 0 Å². The van der Waals surface area contributed by atoms with E-state index in [4.69, 9.17) is 9.90 Å². The predicted molar refractivity (Wildman–Crippen MR) is 131 cm³/mol. The maximum Gasteiger partial charge on any atom is 0.573 e. The van der Waals surface area contributed by atoms with Crippen molar-refractivity contribution in [1.82, 2.24) is 15.2 Å². The number of rotatable bonds is 8. The van der Waals surface area contributed by atoms with Crippen molar-refractivity contribution in [2.75, 3.05) is 23.3 Å². The highest BCUT2D eigenvalue weighted by molar-refractivity contribution is 6.23. The van der Waals surface area contributed by atoms with Gasteiger partial charge in [-0.2, -0.15) is 26.3 Å². The van der Waals surface area contributed by atoms with Gasteiger partial charge in [0.05, 0.1) is 24.5 Å². The Bertz CT molecular complexity index is 1370. The number of imide groups is 1. The van der Waals surface area contributed by atoms with Crippen LogP contribution in [0.5, 0.6) is 5.75 Å². The number of aliphatic carboxylic acids is 1. The molecular weight excluding hydrogens is 625 g/mol. The Balaban J connectivity index is 0.000000860. The largest absolute Gasteiger partial charge is 0.573 e. The van der Waals surface area contributed by atoms with E-state index in [1.165, 1.54) is 31.1 Å². The molecule has 1 aromatic carbocycles. The van der Waals surface area contributed by atoms with Gasteiger partial charge in [0, 0.05) is 18.9 Å². The van der Waals surface area contributed by atoms with Gasteiger partial charge in [-0.3, -0.25) is 14.6 Å². The van der Waals surface area contributed by atoms with Crippen molar-refractivity contribution < 1.29 is 68.5 Å². The number of aromatic nitrogens is 1. The lowest BCUT2D eigenvalue weighted by molar-refractivity contribution is -0.274. The third kappa shape index (κ3) is 9.99. The normalized spacial score (nSPS) is 15.1. The highest BCUT2D eigenvalue weighted by Crippen LogP contribution is 2.38. The first-order valence-corrected chi connectivity index (χ1v) is 11.8. The average molecular weight is 647 g/mol. The number of carboxylic acids is 1. The number of carbonyl (C=O) groups is 4. The maximum atomic E-state index is 13.2. The third-order valence-electron chi connectivity index (χ3n) is 5.49. The van der Waals surface area contributed by atoms with Crippen molar-refractivity contribution in [2.45, 2.75) is 44.6 Å². The number of hydrogen-bond acceptors (Lipinski definition) is 7. The fourth-order valence-corrected chi connectivity index (χ4v) is 3.48. The summed E-state index contributed by atoms with van der Waals surface area (Å²) in [5.41, 5.74) is -1.47. The van der Waals surface area contributed by atoms with Crippen molar-refractivity contribution in [3.05, 3.63) is 48.3 Å². The minimum Gasteiger partial charge on any atom is -0.475 e. The summed E-state index contributed by atoms with van der Waals surface area (Å²) in [5.74, 6) is -5.47. The smallest absolute Gasteiger partial charge is 0.475 e. The molecule has 11 nitrogen and oxygen atoms in total. The Hall–Kier alpha value is -4.62. The molecule has 0 bridgehead atoms. The molecule has 2 aromatic rings. The second-order valence-corrected chi connectivity index (χ2v) is 9.22. The van der Waals surface area contributed by atoms with Crippen LogP contribution in [-0.2, 0) is 20.9 Å². The summed E-state index contributed by atoms with van der Waals surface area (Å²) in [6, 6.07) is 5.19. The number of anilines is 2. The number of ether oxygens (including phenoxy) is 1. The van der Waals surface area contributed by atoms with Crippen LogP contribution in [0.2, 0.25) is 0 Å². The number of urea groups is 1. The number of alkyl halides is 9. The lowest BCUT2D eigenvalue weighted by atomic mass is 10.0. The Labute approximate surface area is 241 Å². The van der Waals surface area contributed by atoms with Gasteiger partial charge >= 0.3 is 30.7 Å². The topological polar surface area (TPSA) is 141 Å². The van der Waals surface area contributed by atoms with Gasteiger partial charge in [0.1, 0.15) is 5.54 Å². The van der Waals surface area contributed by atoms with E-state index >= 15 is 0 Å². The first-order chi connectivity index (χ1) is 20.0. The summed E-state index contributed by atoms with van der Waals surface area (Å²) in [6.07, 6.45) is -11.9. The van der Waals surface area contributed by atoms with Crippen LogP contribution in [0.3, 0.4) is 0 Å². The van der Waals surface area contributed by atoms with Gasteiger partial charge in [-0.1, -0.05) is 0 Å². The van der Waals surface area contributed by atoms with Gasteiger partial charge in [-0.25, -0.2) is 14.5 Å². The molecule has 1 aromatic heterocycles. The SMILES string of the molecule is CC1(C)C(=O)N(c2ccc(OC(F)(F)F)c(NC(=O)CNCC(F)(F)F)c2)C(=O)N1Cc1ccncc1.O=C(O)C(F)(F)F. The van der Waals surface area contributed by atoms with Crippen molar-refractivity contribution in [3.63, 3.8) is 0 Å². The van der Waals surface area contributed by atoms with Gasteiger partial charge in [0.2, 0.25) is 5.91 Å². The number of amides is 4. The molecule has 1 aliphatic rings. The molecular formula is C24H22F9N5O6. The standard InChI is InChI=1S/C22H21F6N5O4.C2HF3O2/c1-20(2)18(35)33(19(36)32(20)11-13-5-7-29-8-6-13)14-3-4-16(37-22(26,27)28)15(9-14)31-17(34)10-30-12-21(23,24)25;3-2(4,5)1(6)7/h3-9,30H,10-12H2,1-2H3,(H,31,34);(H,6,7). The molecule has 1 aliphatic heterocycles. The van der Waals surface area contributed by atoms with Crippen LogP contribution < -0.4 is 20.3 Å². The quantitative estimate of drug-likeness (QED) is 0.282. The van der Waals surface area contributed by atoms with Gasteiger partial charge in [-0.05, 0) is 49.7 Å². The van der Waals surface area contributed by atoms with Crippen molar-refractivity contribution in [1.29, 1.82) is 0 Å². The molecule has 3 N–H and O–H groups in total. The molecule has 44 heavy (non-hydrogen) atoms. The van der Waals surface area contributed by atoms with E-state index in [1.54, 1.807) is 17.4 Å². The second kappa shape index (κ2) is 13.3. The Morgan fingerprint density at radius 3 is 2.05 bits per heavy atom. The summed E-state index contributed by atoms with van der Waals surface area (Å²) in [7, 11) is 0. The molecule has 0 saturated carbocycles. The molecule has 2 heterocycles. The number of carbonyl (C=O) groups excluding carboxylic acids is 3. The number of pyridine rings is 1. The van der Waals surface area contributed by atoms with Gasteiger partial charge < -0.3 is 25.4 Å². The zero-order valence-corrected chi connectivity index (χ0v) is 22.4. The molecule has 0 aliphatic carbocycles. The minimum absolute atomic E-state index is 0.0281. The monoisotopic (exact) mass is 647 g/mol. The minimum atomic E-state index is -5.17. The van der Waals surface area contributed by atoms with Crippen LogP contribution in [0.4, 0.5) is 55.7 Å². The Morgan fingerprint density at radius 1 is 0.977 bits per heavy atom. The van der Waals surface area contributed by atoms with Crippen molar-refractivity contribution in [3.8, 4) is 5.75 Å². The molecule has 0 spiro atoms. The van der Waals surface area contributed by atoms with Gasteiger partial charge in [-0.15, -0.1) is 13.2 Å². The highest BCUT2D eigenvalue weighted by atomic mass is 19.4. The lowest BCUT2D eigenvalue weighted by Gasteiger charge is -2.27. The zero-order valence-electron chi connectivity index (χ0n) is 22.4. The van der Waals surface area contributed by atoms with E-state index in [9.17, 15) is 53.9 Å². The fraction of sp³-hybridized carbons (Fsp3) is 0.375. The number of hydrogen-bond donors (Lipinski definition) is 3. The number of carboxylic acid groups (broad SMARTS) is 1. The molecule has 0 atom stereocenters. The molecule has 0 radical (unpaired) electrons. The molecule has 1 fully saturated rings. The van der Waals surface area contributed by atoms with Crippen LogP contribution in [0.25, 0.3) is 0 Å². The predicted octanol–water partition coefficient (Wildman–Crippen LogP) is 4.45. The van der Waals surface area contributed by atoms with Crippen molar-refractivity contribution in [2.24, 2.45) is 0 Å². The maximum absolute atomic E-state index is 13.2. The van der Waals surface area contributed by atoms with E-state index in [0.717, 1.165) is 23.1 Å². The van der Waals surface area contributed by atoms with Crippen LogP contribution in [0.1, 0.15) is 19.4 Å². The van der Waals surface area contributed by atoms with E-state index < -0.39 is 72.6 Å². The summed E-state index contributed by atoms with van der Waals surface area (Å²) in [6.45, 7) is 0.616. The fourth-order valence-electron chi connectivity index (χ4n) is 3.48. The third-order valence-corrected chi connectivity index (χ3v) is 5.49. The van der Waals surface area contributed by atoms with E-state index in [1.807, 2.05) is 5.32 Å². The summed E-state index contributed by atoms with van der Waals surface area (Å²) in [4.78, 5) is 53.2. The number of nitrogens with zero attached hydrogens (tertiary/aromatic N) is 3. The summed E-state index contributed by atoms with van der Waals surface area (Å²) >= 11 is 0. The van der Waals surface area contributed by atoms with E-state index in [0.29, 0.717) is 5.56 Å². The first-order valence-electron chi connectivity index (χ1n) is 11.8. The van der Waals surface area contributed by atoms with E-state index in [-0.39, 0.29) is 12.2 Å². The highest BCUT2D eigenvalue weighted by Gasteiger charge is 2.52. The second-order valence-electron chi connectivity index (χ2n) is 9.22. The first kappa shape index (κ1) is 35.6. The molecule has 4 amide bonds. The molecule has 242 valence electrons. The number of benzene rings is 1. The lowest BCUT2D eigenvalue weighted by Crippen LogP contribution is -2.43. The summed E-state index contributed by atoms with van der Waals surface area (Å²) in [5, 5.41) is 11.0. The Kier molecular flexibility index (Phi) is 10.8. The number of halogens is 9. The average Bonchev–Trinajstić information content (AvgIpc) is 3.03. The summed E-state index contributed by atoms with van der Waals surface area (Å²) < 4.78 is 111. The molecule has 20 heteroatoms. The van der Waals surface area contributed by atoms with Gasteiger partial charge in [0.15, 0.2) is 5.75 Å². The molecule has 0 unspecified atom stereocenters. The zero-order chi connectivity index (χ0) is 33.7. The molecule has 1 saturated heterocycles. The van der Waals surface area contributed by atoms with Crippen LogP contribution in [0.15, 0.2) is 42.7 Å². The van der Waals surface area contributed by atoms with E-state index in [2.05, 4.69) is 9.72 Å². The molecule has 3 rings (SSSR count). The Morgan fingerprint density at radius 2 is 1.55 bits per heavy atom. The van der Waals surface area contributed by atoms with Crippen LogP contribution in [-0.4, -0.2) is 76.1 Å². The van der Waals surface area contributed by atoms with Crippen LogP contribution in [0, 0.1) is 0 Å². The van der Waals surface area contributed by atoms with Gasteiger partial charge in [0.25, 0.3) is 5.91 Å². The number of nitrogens with one attached hydrogen (secondary N) is 2. The van der Waals surface area contributed by atoms with Crippen molar-refractivity contribution >= 4 is 35.2 Å².